The molecule has 136 valence electrons. The predicted octanol–water partition coefficient (Wildman–Crippen LogP) is 3.47. The Bertz CT molecular complexity index is 976. The Morgan fingerprint density at radius 3 is 2.48 bits per heavy atom. The first kappa shape index (κ1) is 16.2. The standard InChI is InChI=1S/C22H22N4O/c27-22(26-13-11-25(12-14-26)21-7-3-4-10-23-21)18-15-20(16-8-9-16)24-19-6-2-1-5-17(18)19/h1-7,10,15-16H,8-9,11-14H2. The number of fused-ring (bicyclic) bond motifs is 1. The van der Waals surface area contributed by atoms with Crippen LogP contribution in [-0.4, -0.2) is 47.0 Å². The first-order valence-electron chi connectivity index (χ1n) is 9.64. The monoisotopic (exact) mass is 358 g/mol. The van der Waals surface area contributed by atoms with Crippen molar-refractivity contribution < 1.29 is 4.79 Å². The Morgan fingerprint density at radius 1 is 0.963 bits per heavy atom. The van der Waals surface area contributed by atoms with Crippen molar-refractivity contribution in [2.24, 2.45) is 0 Å². The van der Waals surface area contributed by atoms with Crippen LogP contribution < -0.4 is 4.90 Å². The molecular weight excluding hydrogens is 336 g/mol. The van der Waals surface area contributed by atoms with Crippen molar-refractivity contribution in [2.45, 2.75) is 18.8 Å². The summed E-state index contributed by atoms with van der Waals surface area (Å²) in [5.74, 6) is 1.63. The maximum Gasteiger partial charge on any atom is 0.254 e. The van der Waals surface area contributed by atoms with E-state index in [2.05, 4.69) is 9.88 Å². The summed E-state index contributed by atoms with van der Waals surface area (Å²) < 4.78 is 0. The fourth-order valence-electron chi connectivity index (χ4n) is 3.81. The highest BCUT2D eigenvalue weighted by molar-refractivity contribution is 6.06. The van der Waals surface area contributed by atoms with Crippen LogP contribution >= 0.6 is 0 Å². The van der Waals surface area contributed by atoms with Gasteiger partial charge in [-0.3, -0.25) is 9.78 Å². The molecule has 3 heterocycles. The molecule has 2 aromatic heterocycles. The second kappa shape index (κ2) is 6.65. The summed E-state index contributed by atoms with van der Waals surface area (Å²) in [6.45, 7) is 3.04. The third-order valence-corrected chi connectivity index (χ3v) is 5.50. The highest BCUT2D eigenvalue weighted by atomic mass is 16.2. The van der Waals surface area contributed by atoms with Crippen molar-refractivity contribution in [1.82, 2.24) is 14.9 Å². The lowest BCUT2D eigenvalue weighted by molar-refractivity contribution is 0.0748. The Kier molecular flexibility index (Phi) is 4.00. The van der Waals surface area contributed by atoms with E-state index in [1.165, 1.54) is 12.8 Å². The van der Waals surface area contributed by atoms with E-state index >= 15 is 0 Å². The molecular formula is C22H22N4O. The van der Waals surface area contributed by atoms with Crippen LogP contribution in [0.5, 0.6) is 0 Å². The Balaban J connectivity index is 1.40. The zero-order valence-electron chi connectivity index (χ0n) is 15.2. The molecule has 3 aromatic rings. The van der Waals surface area contributed by atoms with E-state index in [0.717, 1.165) is 41.1 Å². The molecule has 0 spiro atoms. The van der Waals surface area contributed by atoms with E-state index < -0.39 is 0 Å². The number of rotatable bonds is 3. The number of pyridine rings is 2. The molecule has 2 fully saturated rings. The van der Waals surface area contributed by atoms with Gasteiger partial charge in [-0.1, -0.05) is 24.3 Å². The third-order valence-electron chi connectivity index (χ3n) is 5.50. The van der Waals surface area contributed by atoms with Crippen LogP contribution in [0.3, 0.4) is 0 Å². The number of carbonyl (C=O) groups excluding carboxylic acids is 1. The number of benzene rings is 1. The van der Waals surface area contributed by atoms with Gasteiger partial charge in [0.25, 0.3) is 5.91 Å². The second-order valence-corrected chi connectivity index (χ2v) is 7.35. The molecule has 5 nitrogen and oxygen atoms in total. The Labute approximate surface area is 158 Å². The molecule has 2 aliphatic rings. The maximum absolute atomic E-state index is 13.3. The maximum atomic E-state index is 13.3. The third kappa shape index (κ3) is 3.14. The van der Waals surface area contributed by atoms with Crippen LogP contribution in [0.25, 0.3) is 10.9 Å². The van der Waals surface area contributed by atoms with Gasteiger partial charge in [-0.25, -0.2) is 4.98 Å². The number of aromatic nitrogens is 2. The number of amides is 1. The summed E-state index contributed by atoms with van der Waals surface area (Å²) in [4.78, 5) is 26.7. The molecule has 1 aliphatic carbocycles. The summed E-state index contributed by atoms with van der Waals surface area (Å²) in [5.41, 5.74) is 2.80. The van der Waals surface area contributed by atoms with E-state index in [-0.39, 0.29) is 5.91 Å². The SMILES string of the molecule is O=C(c1cc(C2CC2)nc2ccccc12)N1CCN(c2ccccn2)CC1. The van der Waals surface area contributed by atoms with Gasteiger partial charge in [0.15, 0.2) is 0 Å². The molecule has 0 unspecified atom stereocenters. The van der Waals surface area contributed by atoms with Gasteiger partial charge < -0.3 is 9.80 Å². The average Bonchev–Trinajstić information content (AvgIpc) is 3.59. The van der Waals surface area contributed by atoms with Gasteiger partial charge in [-0.05, 0) is 37.1 Å². The minimum atomic E-state index is 0.121. The molecule has 0 bridgehead atoms. The predicted molar refractivity (Wildman–Crippen MR) is 106 cm³/mol. The van der Waals surface area contributed by atoms with Crippen molar-refractivity contribution in [3.05, 3.63) is 66.0 Å². The number of hydrogen-bond donors (Lipinski definition) is 0. The summed E-state index contributed by atoms with van der Waals surface area (Å²) in [6.07, 6.45) is 4.18. The van der Waals surface area contributed by atoms with Gasteiger partial charge in [-0.15, -0.1) is 0 Å². The average molecular weight is 358 g/mol. The first-order valence-corrected chi connectivity index (χ1v) is 9.64. The fraction of sp³-hybridized carbons (Fsp3) is 0.318. The number of anilines is 1. The number of para-hydroxylation sites is 1. The topological polar surface area (TPSA) is 49.3 Å². The lowest BCUT2D eigenvalue weighted by atomic mass is 10.0. The van der Waals surface area contributed by atoms with Crippen molar-refractivity contribution in [3.63, 3.8) is 0 Å². The lowest BCUT2D eigenvalue weighted by Crippen LogP contribution is -2.49. The first-order chi connectivity index (χ1) is 13.3. The molecule has 0 radical (unpaired) electrons. The summed E-state index contributed by atoms with van der Waals surface area (Å²) in [6, 6.07) is 16.0. The van der Waals surface area contributed by atoms with Gasteiger partial charge in [0.2, 0.25) is 0 Å². The summed E-state index contributed by atoms with van der Waals surface area (Å²) in [5, 5.41) is 0.957. The normalized spacial score (nSPS) is 17.3. The quantitative estimate of drug-likeness (QED) is 0.719. The minimum absolute atomic E-state index is 0.121. The van der Waals surface area contributed by atoms with E-state index in [1.807, 2.05) is 59.6 Å². The van der Waals surface area contributed by atoms with Gasteiger partial charge >= 0.3 is 0 Å². The number of piperazine rings is 1. The van der Waals surface area contributed by atoms with Gasteiger partial charge in [0.05, 0.1) is 11.1 Å². The lowest BCUT2D eigenvalue weighted by Gasteiger charge is -2.35. The molecule has 27 heavy (non-hydrogen) atoms. The molecule has 5 heteroatoms. The van der Waals surface area contributed by atoms with Crippen LogP contribution in [0.2, 0.25) is 0 Å². The number of hydrogen-bond acceptors (Lipinski definition) is 4. The molecule has 1 amide bonds. The molecule has 1 aromatic carbocycles. The minimum Gasteiger partial charge on any atom is -0.353 e. The van der Waals surface area contributed by atoms with Crippen molar-refractivity contribution >= 4 is 22.6 Å². The fourth-order valence-corrected chi connectivity index (χ4v) is 3.81. The summed E-state index contributed by atoms with van der Waals surface area (Å²) in [7, 11) is 0. The van der Waals surface area contributed by atoms with Crippen LogP contribution in [0.1, 0.15) is 34.8 Å². The molecule has 1 saturated heterocycles. The highest BCUT2D eigenvalue weighted by Crippen LogP contribution is 2.40. The van der Waals surface area contributed by atoms with Gasteiger partial charge in [0.1, 0.15) is 5.82 Å². The molecule has 1 aliphatic heterocycles. The number of nitrogens with zero attached hydrogens (tertiary/aromatic N) is 4. The summed E-state index contributed by atoms with van der Waals surface area (Å²) >= 11 is 0. The van der Waals surface area contributed by atoms with E-state index in [9.17, 15) is 4.79 Å². The number of carbonyl (C=O) groups is 1. The van der Waals surface area contributed by atoms with Crippen molar-refractivity contribution in [3.8, 4) is 0 Å². The van der Waals surface area contributed by atoms with Crippen LogP contribution in [0.15, 0.2) is 54.7 Å². The van der Waals surface area contributed by atoms with Crippen molar-refractivity contribution in [2.75, 3.05) is 31.1 Å². The highest BCUT2D eigenvalue weighted by Gasteiger charge is 2.29. The van der Waals surface area contributed by atoms with Crippen molar-refractivity contribution in [1.29, 1.82) is 0 Å². The van der Waals surface area contributed by atoms with E-state index in [1.54, 1.807) is 0 Å². The van der Waals surface area contributed by atoms with E-state index in [0.29, 0.717) is 19.0 Å². The van der Waals surface area contributed by atoms with Gasteiger partial charge in [0, 0.05) is 49.4 Å². The Morgan fingerprint density at radius 2 is 1.74 bits per heavy atom. The largest absolute Gasteiger partial charge is 0.353 e. The molecule has 1 saturated carbocycles. The smallest absolute Gasteiger partial charge is 0.254 e. The molecule has 0 N–H and O–H groups in total. The Hall–Kier alpha value is -2.95. The van der Waals surface area contributed by atoms with Crippen LogP contribution in [-0.2, 0) is 0 Å². The van der Waals surface area contributed by atoms with Crippen LogP contribution in [0, 0.1) is 0 Å². The second-order valence-electron chi connectivity index (χ2n) is 7.35. The van der Waals surface area contributed by atoms with Crippen LogP contribution in [0.4, 0.5) is 5.82 Å². The molecule has 5 rings (SSSR count). The van der Waals surface area contributed by atoms with E-state index in [4.69, 9.17) is 4.98 Å². The molecule has 0 atom stereocenters. The zero-order chi connectivity index (χ0) is 18.2. The zero-order valence-corrected chi connectivity index (χ0v) is 15.2. The van der Waals surface area contributed by atoms with Gasteiger partial charge in [-0.2, -0.15) is 0 Å².